The van der Waals surface area contributed by atoms with Crippen molar-refractivity contribution in [3.8, 4) is 5.75 Å². The van der Waals surface area contributed by atoms with E-state index in [1.807, 2.05) is 0 Å². The van der Waals surface area contributed by atoms with Crippen LogP contribution in [0.4, 0.5) is 0 Å². The van der Waals surface area contributed by atoms with Crippen LogP contribution in [0.3, 0.4) is 0 Å². The van der Waals surface area contributed by atoms with Crippen LogP contribution in [0.15, 0.2) is 24.3 Å². The van der Waals surface area contributed by atoms with Gasteiger partial charge in [-0.2, -0.15) is 0 Å². The Bertz CT molecular complexity index is 447. The van der Waals surface area contributed by atoms with Crippen molar-refractivity contribution < 1.29 is 23.8 Å². The van der Waals surface area contributed by atoms with Gasteiger partial charge in [-0.1, -0.05) is 6.07 Å². The third kappa shape index (κ3) is 6.31. The van der Waals surface area contributed by atoms with Gasteiger partial charge < -0.3 is 14.2 Å². The van der Waals surface area contributed by atoms with Crippen molar-refractivity contribution in [3.63, 3.8) is 0 Å². The molecular weight excluding hydrogens is 262 g/mol. The first-order valence-electron chi connectivity index (χ1n) is 6.25. The van der Waals surface area contributed by atoms with Gasteiger partial charge in [0.1, 0.15) is 12.4 Å². The fourth-order valence-corrected chi connectivity index (χ4v) is 1.42. The minimum atomic E-state index is -0.445. The summed E-state index contributed by atoms with van der Waals surface area (Å²) < 4.78 is 15.5. The number of carbonyl (C=O) groups excluding carboxylic acids is 2. The van der Waals surface area contributed by atoms with Crippen molar-refractivity contribution in [2.45, 2.75) is 6.92 Å². The van der Waals surface area contributed by atoms with E-state index in [0.717, 1.165) is 0 Å². The molecule has 0 unspecified atom stereocenters. The van der Waals surface area contributed by atoms with Crippen LogP contribution in [0.1, 0.15) is 17.3 Å². The number of nitrogens with one attached hydrogen (secondary N) is 1. The Labute approximate surface area is 118 Å². The van der Waals surface area contributed by atoms with Crippen LogP contribution in [-0.2, 0) is 14.3 Å². The van der Waals surface area contributed by atoms with Crippen molar-refractivity contribution in [3.05, 3.63) is 29.8 Å². The number of hydrogen-bond acceptors (Lipinski definition) is 5. The molecule has 0 spiro atoms. The van der Waals surface area contributed by atoms with Crippen LogP contribution in [0.2, 0.25) is 0 Å². The zero-order valence-electron chi connectivity index (χ0n) is 11.7. The predicted molar refractivity (Wildman–Crippen MR) is 72.8 cm³/mol. The molecule has 1 aromatic carbocycles. The second-order valence-corrected chi connectivity index (χ2v) is 3.99. The highest BCUT2D eigenvalue weighted by atomic mass is 16.5. The van der Waals surface area contributed by atoms with E-state index in [4.69, 9.17) is 14.2 Å². The largest absolute Gasteiger partial charge is 0.491 e. The molecule has 6 nitrogen and oxygen atoms in total. The summed E-state index contributed by atoms with van der Waals surface area (Å²) in [6.45, 7) is 3.16. The molecule has 20 heavy (non-hydrogen) atoms. The van der Waals surface area contributed by atoms with Crippen LogP contribution < -0.4 is 10.1 Å². The Hall–Kier alpha value is -1.92. The van der Waals surface area contributed by atoms with Crippen molar-refractivity contribution >= 4 is 11.8 Å². The third-order valence-electron chi connectivity index (χ3n) is 2.31. The number of hydrogen-bond donors (Lipinski definition) is 1. The first kappa shape index (κ1) is 16.1. The van der Waals surface area contributed by atoms with Gasteiger partial charge in [-0.05, 0) is 18.2 Å². The SMILES string of the molecule is COCCOCCOc1cccc(C(=O)NC(C)=O)c1. The number of amides is 2. The molecule has 6 heteroatoms. The lowest BCUT2D eigenvalue weighted by Crippen LogP contribution is -2.27. The van der Waals surface area contributed by atoms with Gasteiger partial charge in [-0.25, -0.2) is 0 Å². The maximum Gasteiger partial charge on any atom is 0.257 e. The zero-order valence-corrected chi connectivity index (χ0v) is 11.7. The second-order valence-electron chi connectivity index (χ2n) is 3.99. The summed E-state index contributed by atoms with van der Waals surface area (Å²) in [7, 11) is 1.61. The maximum atomic E-state index is 11.6. The normalized spacial score (nSPS) is 10.1. The van der Waals surface area contributed by atoms with Crippen LogP contribution in [0, 0.1) is 0 Å². The fourth-order valence-electron chi connectivity index (χ4n) is 1.42. The third-order valence-corrected chi connectivity index (χ3v) is 2.31. The van der Waals surface area contributed by atoms with Gasteiger partial charge in [-0.15, -0.1) is 0 Å². The molecule has 110 valence electrons. The van der Waals surface area contributed by atoms with Crippen molar-refractivity contribution in [2.24, 2.45) is 0 Å². The molecule has 0 aliphatic rings. The summed E-state index contributed by atoms with van der Waals surface area (Å²) in [6.07, 6.45) is 0. The Morgan fingerprint density at radius 1 is 1.15 bits per heavy atom. The zero-order chi connectivity index (χ0) is 14.8. The quantitative estimate of drug-likeness (QED) is 0.720. The number of rotatable bonds is 8. The summed E-state index contributed by atoms with van der Waals surface area (Å²) in [5.41, 5.74) is 0.373. The highest BCUT2D eigenvalue weighted by Crippen LogP contribution is 2.13. The molecule has 1 aromatic rings. The Kier molecular flexibility index (Phi) is 7.31. The van der Waals surface area contributed by atoms with Gasteiger partial charge in [0.2, 0.25) is 5.91 Å². The number of methoxy groups -OCH3 is 1. The highest BCUT2D eigenvalue weighted by molar-refractivity contribution is 6.04. The van der Waals surface area contributed by atoms with E-state index in [9.17, 15) is 9.59 Å². The van der Waals surface area contributed by atoms with Crippen LogP contribution in [0.25, 0.3) is 0 Å². The molecule has 1 N–H and O–H groups in total. The molecule has 1 rings (SSSR count). The monoisotopic (exact) mass is 281 g/mol. The van der Waals surface area contributed by atoms with E-state index in [2.05, 4.69) is 5.32 Å². The van der Waals surface area contributed by atoms with Gasteiger partial charge in [0.15, 0.2) is 0 Å². The summed E-state index contributed by atoms with van der Waals surface area (Å²) in [5, 5.41) is 2.20. The lowest BCUT2D eigenvalue weighted by atomic mass is 10.2. The molecule has 0 saturated heterocycles. The average molecular weight is 281 g/mol. The molecule has 0 fully saturated rings. The summed E-state index contributed by atoms with van der Waals surface area (Å²) in [6, 6.07) is 6.61. The summed E-state index contributed by atoms with van der Waals surface area (Å²) >= 11 is 0. The first-order valence-corrected chi connectivity index (χ1v) is 6.25. The Morgan fingerprint density at radius 3 is 2.60 bits per heavy atom. The Morgan fingerprint density at radius 2 is 1.90 bits per heavy atom. The molecule has 0 heterocycles. The van der Waals surface area contributed by atoms with Crippen LogP contribution >= 0.6 is 0 Å². The minimum Gasteiger partial charge on any atom is -0.491 e. The summed E-state index contributed by atoms with van der Waals surface area (Å²) in [4.78, 5) is 22.4. The van der Waals surface area contributed by atoms with Gasteiger partial charge >= 0.3 is 0 Å². The molecule has 0 saturated carbocycles. The number of imide groups is 1. The average Bonchev–Trinajstić information content (AvgIpc) is 2.42. The van der Waals surface area contributed by atoms with Crippen molar-refractivity contribution in [2.75, 3.05) is 33.5 Å². The highest BCUT2D eigenvalue weighted by Gasteiger charge is 2.07. The summed E-state index contributed by atoms with van der Waals surface area (Å²) in [5.74, 6) is -0.288. The molecular formula is C14H19NO5. The van der Waals surface area contributed by atoms with Crippen LogP contribution in [-0.4, -0.2) is 45.4 Å². The van der Waals surface area contributed by atoms with Crippen molar-refractivity contribution in [1.82, 2.24) is 5.32 Å². The molecule has 0 bridgehead atoms. The van der Waals surface area contributed by atoms with E-state index < -0.39 is 11.8 Å². The molecule has 0 atom stereocenters. The predicted octanol–water partition coefficient (Wildman–Crippen LogP) is 1.00. The maximum absolute atomic E-state index is 11.6. The second kappa shape index (κ2) is 9.06. The van der Waals surface area contributed by atoms with E-state index in [0.29, 0.717) is 37.7 Å². The molecule has 0 aliphatic heterocycles. The molecule has 2 amide bonds. The minimum absolute atomic E-state index is 0.373. The Balaban J connectivity index is 2.39. The number of carbonyl (C=O) groups is 2. The van der Waals surface area contributed by atoms with E-state index in [1.165, 1.54) is 6.92 Å². The molecule has 0 radical (unpaired) electrons. The van der Waals surface area contributed by atoms with E-state index in [1.54, 1.807) is 31.4 Å². The van der Waals surface area contributed by atoms with Gasteiger partial charge in [0, 0.05) is 19.6 Å². The fraction of sp³-hybridized carbons (Fsp3) is 0.429. The lowest BCUT2D eigenvalue weighted by Gasteiger charge is -2.08. The van der Waals surface area contributed by atoms with Gasteiger partial charge in [0.25, 0.3) is 5.91 Å². The van der Waals surface area contributed by atoms with E-state index in [-0.39, 0.29) is 0 Å². The first-order chi connectivity index (χ1) is 9.63. The number of ether oxygens (including phenoxy) is 3. The van der Waals surface area contributed by atoms with Crippen LogP contribution in [0.5, 0.6) is 5.75 Å². The van der Waals surface area contributed by atoms with E-state index >= 15 is 0 Å². The smallest absolute Gasteiger partial charge is 0.257 e. The van der Waals surface area contributed by atoms with Gasteiger partial charge in [0.05, 0.1) is 19.8 Å². The molecule has 0 aromatic heterocycles. The van der Waals surface area contributed by atoms with Gasteiger partial charge in [-0.3, -0.25) is 14.9 Å². The standard InChI is InChI=1S/C14H19NO5/c1-11(16)15-14(17)12-4-3-5-13(10-12)20-9-8-19-7-6-18-2/h3-5,10H,6-9H2,1-2H3,(H,15,16,17). The topological polar surface area (TPSA) is 73.9 Å². The number of benzene rings is 1. The lowest BCUT2D eigenvalue weighted by molar-refractivity contribution is -0.118. The van der Waals surface area contributed by atoms with Crippen molar-refractivity contribution in [1.29, 1.82) is 0 Å². The molecule has 0 aliphatic carbocycles.